The summed E-state index contributed by atoms with van der Waals surface area (Å²) in [4.78, 5) is 7.76. The summed E-state index contributed by atoms with van der Waals surface area (Å²) in [6, 6.07) is 19.8. The Kier molecular flexibility index (Phi) is 8.05. The van der Waals surface area contributed by atoms with Gasteiger partial charge in [0, 0.05) is 36.0 Å². The van der Waals surface area contributed by atoms with E-state index < -0.39 is 0 Å². The first-order chi connectivity index (χ1) is 16.5. The van der Waals surface area contributed by atoms with Crippen molar-refractivity contribution >= 4 is 0 Å². The highest BCUT2D eigenvalue weighted by Crippen LogP contribution is 2.35. The predicted octanol–water partition coefficient (Wildman–Crippen LogP) is 7.35. The van der Waals surface area contributed by atoms with E-state index in [1.165, 1.54) is 40.7 Å². The number of benzene rings is 2. The Labute approximate surface area is 206 Å². The Hall–Kier alpha value is -2.65. The number of aryl methyl sites for hydroxylation is 3. The fraction of sp³-hybridized carbons (Fsp3) is 0.452. The van der Waals surface area contributed by atoms with Crippen molar-refractivity contribution in [2.24, 2.45) is 0 Å². The summed E-state index contributed by atoms with van der Waals surface area (Å²) in [5.74, 6) is 1.59. The Morgan fingerprint density at radius 1 is 1.00 bits per heavy atom. The van der Waals surface area contributed by atoms with Gasteiger partial charge in [0.25, 0.3) is 0 Å². The quantitative estimate of drug-likeness (QED) is 0.354. The second-order valence-corrected chi connectivity index (χ2v) is 9.88. The van der Waals surface area contributed by atoms with E-state index in [0.29, 0.717) is 5.92 Å². The van der Waals surface area contributed by atoms with Crippen LogP contribution in [0.3, 0.4) is 0 Å². The Balaban J connectivity index is 1.67. The lowest BCUT2D eigenvalue weighted by atomic mass is 9.90. The van der Waals surface area contributed by atoms with Gasteiger partial charge in [0.2, 0.25) is 0 Å². The third kappa shape index (κ3) is 5.52. The number of rotatable bonds is 8. The van der Waals surface area contributed by atoms with E-state index in [2.05, 4.69) is 94.1 Å². The molecule has 4 rings (SSSR count). The number of nitrogens with zero attached hydrogens (tertiary/aromatic N) is 2. The Bertz CT molecular complexity index is 1070. The van der Waals surface area contributed by atoms with Gasteiger partial charge in [-0.1, -0.05) is 62.4 Å². The topological polar surface area (TPSA) is 25.4 Å². The molecule has 0 unspecified atom stereocenters. The highest BCUT2D eigenvalue weighted by molar-refractivity contribution is 5.70. The number of likely N-dealkylation sites (tertiary alicyclic amines) is 1. The second kappa shape index (κ2) is 11.2. The molecule has 34 heavy (non-hydrogen) atoms. The summed E-state index contributed by atoms with van der Waals surface area (Å²) in [6.07, 6.45) is 4.62. The van der Waals surface area contributed by atoms with Crippen LogP contribution in [0.1, 0.15) is 74.4 Å². The van der Waals surface area contributed by atoms with Crippen molar-refractivity contribution in [3.8, 4) is 17.0 Å². The van der Waals surface area contributed by atoms with Gasteiger partial charge in [0.15, 0.2) is 0 Å². The first kappa shape index (κ1) is 24.5. The molecule has 0 spiro atoms. The lowest BCUT2D eigenvalue weighted by molar-refractivity contribution is 0.191. The molecule has 2 aromatic carbocycles. The molecule has 0 amide bonds. The number of hydrogen-bond donors (Lipinski definition) is 0. The zero-order chi connectivity index (χ0) is 24.1. The molecule has 3 nitrogen and oxygen atoms in total. The van der Waals surface area contributed by atoms with Crippen LogP contribution in [0.15, 0.2) is 54.6 Å². The molecule has 180 valence electrons. The predicted molar refractivity (Wildman–Crippen MR) is 143 cm³/mol. The van der Waals surface area contributed by atoms with Crippen LogP contribution in [0.5, 0.6) is 5.75 Å². The average Bonchev–Trinajstić information content (AvgIpc) is 2.85. The maximum Gasteiger partial charge on any atom is 0.128 e. The number of pyridine rings is 1. The van der Waals surface area contributed by atoms with Gasteiger partial charge in [-0.2, -0.15) is 0 Å². The zero-order valence-corrected chi connectivity index (χ0v) is 21.6. The molecule has 1 aromatic heterocycles. The highest BCUT2D eigenvalue weighted by Gasteiger charge is 2.24. The van der Waals surface area contributed by atoms with Gasteiger partial charge in [0.1, 0.15) is 5.75 Å². The molecule has 1 aliphatic heterocycles. The Morgan fingerprint density at radius 3 is 2.35 bits per heavy atom. The fourth-order valence-corrected chi connectivity index (χ4v) is 5.34. The molecule has 2 heterocycles. The second-order valence-electron chi connectivity index (χ2n) is 9.88. The van der Waals surface area contributed by atoms with Crippen LogP contribution in [0.4, 0.5) is 0 Å². The van der Waals surface area contributed by atoms with Crippen LogP contribution >= 0.6 is 0 Å². The standard InChI is InChI=1S/C31H40N2O/c1-6-24-15-11-16-25(7-2)31(24)29-19-30(34-22(3)4)28(23(5)32-29)21-33-18-12-17-27(20-33)26-13-9-8-10-14-26/h8-11,13-16,19,22,27H,6-7,12,17-18,20-21H2,1-5H3/t27-/m0/s1. The normalized spacial score (nSPS) is 16.7. The minimum absolute atomic E-state index is 0.124. The zero-order valence-electron chi connectivity index (χ0n) is 21.6. The summed E-state index contributed by atoms with van der Waals surface area (Å²) in [5, 5.41) is 0. The number of aromatic nitrogens is 1. The van der Waals surface area contributed by atoms with Crippen molar-refractivity contribution in [1.29, 1.82) is 0 Å². The van der Waals surface area contributed by atoms with Crippen molar-refractivity contribution < 1.29 is 4.74 Å². The molecule has 0 bridgehead atoms. The molecule has 3 aromatic rings. The maximum atomic E-state index is 6.42. The monoisotopic (exact) mass is 456 g/mol. The molecule has 1 aliphatic rings. The molecule has 1 saturated heterocycles. The van der Waals surface area contributed by atoms with E-state index in [1.807, 2.05) is 0 Å². The van der Waals surface area contributed by atoms with E-state index in [9.17, 15) is 0 Å². The summed E-state index contributed by atoms with van der Waals surface area (Å²) in [6.45, 7) is 13.9. The van der Waals surface area contributed by atoms with Crippen molar-refractivity contribution in [3.05, 3.63) is 82.5 Å². The molecule has 1 atom stereocenters. The van der Waals surface area contributed by atoms with Gasteiger partial charge in [-0.3, -0.25) is 9.88 Å². The Morgan fingerprint density at radius 2 is 1.71 bits per heavy atom. The van der Waals surface area contributed by atoms with E-state index in [4.69, 9.17) is 9.72 Å². The van der Waals surface area contributed by atoms with Gasteiger partial charge in [0.05, 0.1) is 11.8 Å². The third-order valence-corrected chi connectivity index (χ3v) is 7.07. The van der Waals surface area contributed by atoms with E-state index in [-0.39, 0.29) is 6.10 Å². The fourth-order valence-electron chi connectivity index (χ4n) is 5.34. The van der Waals surface area contributed by atoms with Crippen LogP contribution in [0.25, 0.3) is 11.3 Å². The van der Waals surface area contributed by atoms with Gasteiger partial charge in [-0.25, -0.2) is 0 Å². The molecule has 0 radical (unpaired) electrons. The maximum absolute atomic E-state index is 6.42. The minimum Gasteiger partial charge on any atom is -0.491 e. The van der Waals surface area contributed by atoms with Crippen LogP contribution in [0.2, 0.25) is 0 Å². The summed E-state index contributed by atoms with van der Waals surface area (Å²) >= 11 is 0. The molecule has 3 heteroatoms. The van der Waals surface area contributed by atoms with Crippen molar-refractivity contribution in [1.82, 2.24) is 9.88 Å². The molecular weight excluding hydrogens is 416 g/mol. The molecule has 1 fully saturated rings. The van der Waals surface area contributed by atoms with Crippen LogP contribution in [0, 0.1) is 6.92 Å². The highest BCUT2D eigenvalue weighted by atomic mass is 16.5. The smallest absolute Gasteiger partial charge is 0.128 e. The van der Waals surface area contributed by atoms with E-state index >= 15 is 0 Å². The first-order valence-electron chi connectivity index (χ1n) is 13.1. The number of hydrogen-bond acceptors (Lipinski definition) is 3. The van der Waals surface area contributed by atoms with Crippen LogP contribution in [-0.2, 0) is 19.4 Å². The van der Waals surface area contributed by atoms with Gasteiger partial charge < -0.3 is 4.74 Å². The van der Waals surface area contributed by atoms with Crippen LogP contribution in [-0.4, -0.2) is 29.1 Å². The molecular formula is C31H40N2O. The van der Waals surface area contributed by atoms with Crippen molar-refractivity contribution in [2.75, 3.05) is 13.1 Å². The summed E-state index contributed by atoms with van der Waals surface area (Å²) < 4.78 is 6.42. The molecule has 0 aliphatic carbocycles. The van der Waals surface area contributed by atoms with Crippen molar-refractivity contribution in [3.63, 3.8) is 0 Å². The SMILES string of the molecule is CCc1cccc(CC)c1-c1cc(OC(C)C)c(CN2CCC[C@H](c3ccccc3)C2)c(C)n1. The van der Waals surface area contributed by atoms with Gasteiger partial charge >= 0.3 is 0 Å². The van der Waals surface area contributed by atoms with E-state index in [0.717, 1.165) is 49.6 Å². The van der Waals surface area contributed by atoms with E-state index in [1.54, 1.807) is 0 Å². The largest absolute Gasteiger partial charge is 0.491 e. The lowest BCUT2D eigenvalue weighted by Crippen LogP contribution is -2.34. The third-order valence-electron chi connectivity index (χ3n) is 7.07. The minimum atomic E-state index is 0.124. The lowest BCUT2D eigenvalue weighted by Gasteiger charge is -2.34. The number of piperidine rings is 1. The first-order valence-corrected chi connectivity index (χ1v) is 13.1. The molecule has 0 saturated carbocycles. The average molecular weight is 457 g/mol. The summed E-state index contributed by atoms with van der Waals surface area (Å²) in [7, 11) is 0. The molecule has 0 N–H and O–H groups in total. The summed E-state index contributed by atoms with van der Waals surface area (Å²) in [5.41, 5.74) is 8.83. The van der Waals surface area contributed by atoms with Crippen LogP contribution < -0.4 is 4.74 Å². The number of ether oxygens (including phenoxy) is 1. The van der Waals surface area contributed by atoms with Crippen molar-refractivity contribution in [2.45, 2.75) is 78.9 Å². The van der Waals surface area contributed by atoms with Gasteiger partial charge in [-0.05, 0) is 75.6 Å². The van der Waals surface area contributed by atoms with Gasteiger partial charge in [-0.15, -0.1) is 0 Å².